The van der Waals surface area contributed by atoms with Crippen molar-refractivity contribution in [1.29, 1.82) is 0 Å². The number of nitrogens with two attached hydrogens (primary N) is 1. The molecule has 4 N–H and O–H groups in total. The first-order chi connectivity index (χ1) is 22.4. The molecule has 2 aromatic heterocycles. The van der Waals surface area contributed by atoms with Gasteiger partial charge in [0.1, 0.15) is 10.9 Å². The zero-order valence-electron chi connectivity index (χ0n) is 25.6. The zero-order chi connectivity index (χ0) is 32.0. The minimum Gasteiger partial charge on any atom is -0.395 e. The Hall–Kier alpha value is -5.09. The summed E-state index contributed by atoms with van der Waals surface area (Å²) >= 11 is 0.859. The first-order valence-corrected chi connectivity index (χ1v) is 16.3. The second-order valence-corrected chi connectivity index (χ2v) is 12.4. The number of pyridine rings is 1. The maximum Gasteiger partial charge on any atom is 0.273 e. The molecular formula is C36H36N6O3S. The Bertz CT molecular complexity index is 1850. The van der Waals surface area contributed by atoms with Crippen LogP contribution in [0.15, 0.2) is 91.1 Å². The molecule has 3 aromatic carbocycles. The molecule has 3 amide bonds. The van der Waals surface area contributed by atoms with Gasteiger partial charge in [-0.05, 0) is 54.6 Å². The van der Waals surface area contributed by atoms with E-state index in [2.05, 4.69) is 20.0 Å². The minimum absolute atomic E-state index is 0.00518. The summed E-state index contributed by atoms with van der Waals surface area (Å²) in [6.45, 7) is 2.23. The molecule has 6 rings (SSSR count). The third kappa shape index (κ3) is 6.77. The average molecular weight is 633 g/mol. The first-order valence-electron chi connectivity index (χ1n) is 15.5. The van der Waals surface area contributed by atoms with Gasteiger partial charge < -0.3 is 16.4 Å². The first kappa shape index (κ1) is 30.9. The molecular weight excluding hydrogens is 597 g/mol. The fourth-order valence-corrected chi connectivity index (χ4v) is 6.58. The van der Waals surface area contributed by atoms with E-state index in [4.69, 9.17) is 5.73 Å². The monoisotopic (exact) mass is 632 g/mol. The van der Waals surface area contributed by atoms with E-state index in [0.29, 0.717) is 11.3 Å². The van der Waals surface area contributed by atoms with Crippen molar-refractivity contribution in [3.05, 3.63) is 118 Å². The number of carbonyl (C=O) groups is 3. The number of fused-ring (bicyclic) bond motifs is 1. The number of nitrogen functional groups attached to an aromatic ring is 1. The Labute approximate surface area is 272 Å². The van der Waals surface area contributed by atoms with Gasteiger partial charge in [0.15, 0.2) is 5.69 Å². The number of aromatic nitrogens is 2. The van der Waals surface area contributed by atoms with Gasteiger partial charge in [0, 0.05) is 18.0 Å². The van der Waals surface area contributed by atoms with Gasteiger partial charge in [0.05, 0.1) is 23.1 Å². The van der Waals surface area contributed by atoms with Gasteiger partial charge in [-0.15, -0.1) is 0 Å². The lowest BCUT2D eigenvalue weighted by atomic mass is 9.95. The number of hydrogen-bond acceptors (Lipinski definition) is 7. The van der Waals surface area contributed by atoms with Crippen molar-refractivity contribution in [2.24, 2.45) is 0 Å². The van der Waals surface area contributed by atoms with Crippen molar-refractivity contribution < 1.29 is 14.4 Å². The lowest BCUT2D eigenvalue weighted by molar-refractivity contribution is -0.122. The summed E-state index contributed by atoms with van der Waals surface area (Å²) in [5, 5.41) is 6.87. The van der Waals surface area contributed by atoms with E-state index < -0.39 is 17.9 Å². The van der Waals surface area contributed by atoms with Gasteiger partial charge in [-0.25, -0.2) is 0 Å². The van der Waals surface area contributed by atoms with Crippen LogP contribution in [0.5, 0.6) is 0 Å². The summed E-state index contributed by atoms with van der Waals surface area (Å²) in [7, 11) is 0. The molecule has 2 heterocycles. The number of nitrogens with one attached hydrogen (secondary N) is 2. The Morgan fingerprint density at radius 3 is 2.43 bits per heavy atom. The number of benzene rings is 3. The van der Waals surface area contributed by atoms with E-state index in [9.17, 15) is 14.4 Å². The van der Waals surface area contributed by atoms with Gasteiger partial charge in [0.2, 0.25) is 5.91 Å². The van der Waals surface area contributed by atoms with Crippen molar-refractivity contribution in [3.63, 3.8) is 0 Å². The molecule has 1 aliphatic carbocycles. The number of para-hydroxylation sites is 1. The van der Waals surface area contributed by atoms with Gasteiger partial charge in [-0.2, -0.15) is 4.37 Å². The summed E-state index contributed by atoms with van der Waals surface area (Å²) < 4.78 is 4.33. The van der Waals surface area contributed by atoms with Crippen molar-refractivity contribution in [2.75, 3.05) is 10.6 Å². The number of anilines is 2. The number of amides is 3. The van der Waals surface area contributed by atoms with Gasteiger partial charge in [-0.1, -0.05) is 97.6 Å². The second kappa shape index (κ2) is 13.9. The normalized spacial score (nSPS) is 14.0. The summed E-state index contributed by atoms with van der Waals surface area (Å²) in [5.41, 5.74) is 10.2. The van der Waals surface area contributed by atoms with E-state index >= 15 is 0 Å². The molecule has 5 aromatic rings. The zero-order valence-corrected chi connectivity index (χ0v) is 26.4. The predicted octanol–water partition coefficient (Wildman–Crippen LogP) is 6.35. The fraction of sp³-hybridized carbons (Fsp3) is 0.250. The molecule has 0 saturated heterocycles. The second-order valence-electron chi connectivity index (χ2n) is 11.7. The highest BCUT2D eigenvalue weighted by Crippen LogP contribution is 2.34. The number of rotatable bonds is 9. The van der Waals surface area contributed by atoms with Crippen LogP contribution in [-0.2, 0) is 11.3 Å². The number of hydrogen-bond donors (Lipinski definition) is 3. The minimum atomic E-state index is -1.08. The Kier molecular flexibility index (Phi) is 9.35. The van der Waals surface area contributed by atoms with E-state index in [0.717, 1.165) is 65.7 Å². The molecule has 234 valence electrons. The van der Waals surface area contributed by atoms with Crippen LogP contribution < -0.4 is 21.3 Å². The number of carbonyl (C=O) groups excluding carboxylic acids is 3. The lowest BCUT2D eigenvalue weighted by Crippen LogP contribution is -2.44. The van der Waals surface area contributed by atoms with Crippen LogP contribution >= 0.6 is 11.5 Å². The fourth-order valence-electron chi connectivity index (χ4n) is 5.85. The van der Waals surface area contributed by atoms with Gasteiger partial charge in [-0.3, -0.25) is 24.3 Å². The SMILES string of the molecule is Cc1ccc([C@H](C(=O)NCc2ccccc2)N(C(=O)c2snc(C(=O)NC3CCCCC3)c2N)c2cnc3ccccc3c2)cc1. The molecule has 0 radical (unpaired) electrons. The quantitative estimate of drug-likeness (QED) is 0.174. The van der Waals surface area contributed by atoms with Crippen LogP contribution in [0.2, 0.25) is 0 Å². The number of nitrogens with zero attached hydrogens (tertiary/aromatic N) is 3. The predicted molar refractivity (Wildman–Crippen MR) is 182 cm³/mol. The van der Waals surface area contributed by atoms with Crippen LogP contribution in [0.1, 0.15) is 75.0 Å². The highest BCUT2D eigenvalue weighted by Gasteiger charge is 2.36. The van der Waals surface area contributed by atoms with Crippen LogP contribution in [0.4, 0.5) is 11.4 Å². The topological polar surface area (TPSA) is 130 Å². The summed E-state index contributed by atoms with van der Waals surface area (Å²) in [5.74, 6) is -1.33. The molecule has 1 aliphatic rings. The Morgan fingerprint density at radius 1 is 0.957 bits per heavy atom. The van der Waals surface area contributed by atoms with Crippen molar-refractivity contribution in [3.8, 4) is 0 Å². The molecule has 9 nitrogen and oxygen atoms in total. The molecule has 1 atom stereocenters. The summed E-state index contributed by atoms with van der Waals surface area (Å²) in [6.07, 6.45) is 6.66. The van der Waals surface area contributed by atoms with E-state index in [1.54, 1.807) is 6.20 Å². The molecule has 0 aliphatic heterocycles. The molecule has 46 heavy (non-hydrogen) atoms. The maximum atomic E-state index is 14.7. The molecule has 1 saturated carbocycles. The van der Waals surface area contributed by atoms with Crippen LogP contribution in [-0.4, -0.2) is 33.1 Å². The van der Waals surface area contributed by atoms with Crippen LogP contribution in [0.25, 0.3) is 10.9 Å². The van der Waals surface area contributed by atoms with Crippen LogP contribution in [0, 0.1) is 6.92 Å². The molecule has 1 fully saturated rings. The summed E-state index contributed by atoms with van der Waals surface area (Å²) in [6, 6.07) is 25.5. The molecule has 10 heteroatoms. The molecule has 0 unspecified atom stereocenters. The smallest absolute Gasteiger partial charge is 0.273 e. The molecule has 0 spiro atoms. The van der Waals surface area contributed by atoms with Crippen molar-refractivity contribution >= 4 is 51.5 Å². The molecule has 0 bridgehead atoms. The van der Waals surface area contributed by atoms with E-state index in [1.165, 1.54) is 4.90 Å². The number of aryl methyl sites for hydroxylation is 1. The van der Waals surface area contributed by atoms with Gasteiger partial charge in [0.25, 0.3) is 11.8 Å². The highest BCUT2D eigenvalue weighted by molar-refractivity contribution is 7.09. The highest BCUT2D eigenvalue weighted by atomic mass is 32.1. The van der Waals surface area contributed by atoms with Crippen LogP contribution in [0.3, 0.4) is 0 Å². The summed E-state index contributed by atoms with van der Waals surface area (Å²) in [4.78, 5) is 48.2. The van der Waals surface area contributed by atoms with E-state index in [-0.39, 0.29) is 34.8 Å². The Morgan fingerprint density at radius 2 is 1.67 bits per heavy atom. The van der Waals surface area contributed by atoms with Gasteiger partial charge >= 0.3 is 0 Å². The third-order valence-electron chi connectivity index (χ3n) is 8.36. The maximum absolute atomic E-state index is 14.7. The van der Waals surface area contributed by atoms with E-state index in [1.807, 2.05) is 91.9 Å². The average Bonchev–Trinajstić information content (AvgIpc) is 3.48. The Balaban J connectivity index is 1.41. The van der Waals surface area contributed by atoms with Crippen molar-refractivity contribution in [2.45, 2.75) is 57.7 Å². The lowest BCUT2D eigenvalue weighted by Gasteiger charge is -2.31. The largest absolute Gasteiger partial charge is 0.395 e. The van der Waals surface area contributed by atoms with Crippen molar-refractivity contribution in [1.82, 2.24) is 20.0 Å². The third-order valence-corrected chi connectivity index (χ3v) is 9.21. The standard InChI is InChI=1S/C36H36N6O3S/c1-23-16-18-25(19-17-23)32(35(44)39-21-24-10-4-2-5-11-24)42(28-20-26-12-8-9-15-29(26)38-22-28)36(45)33-30(37)31(41-46-33)34(43)40-27-13-6-3-7-14-27/h2,4-5,8-12,15-20,22,27,32H,3,6-7,13-14,21,37H2,1H3,(H,39,44)(H,40,43)/t32-/m1/s1.